The molecule has 0 bridgehead atoms. The van der Waals surface area contributed by atoms with E-state index in [0.29, 0.717) is 5.92 Å². The van der Waals surface area contributed by atoms with Crippen molar-refractivity contribution in [2.75, 3.05) is 13.1 Å². The molecule has 0 radical (unpaired) electrons. The van der Waals surface area contributed by atoms with E-state index in [2.05, 4.69) is 15.3 Å². The first-order valence-corrected chi connectivity index (χ1v) is 4.51. The van der Waals surface area contributed by atoms with Crippen molar-refractivity contribution in [3.8, 4) is 0 Å². The standard InChI is InChI=1S/C9H13N3O/c1-6-2-9(13)12-8(11-6)3-7-4-10-5-7/h2,7,10H,3-5H2,1H3,(H,11,12,13). The van der Waals surface area contributed by atoms with Crippen LogP contribution in [-0.2, 0) is 6.42 Å². The lowest BCUT2D eigenvalue weighted by Crippen LogP contribution is -2.43. The van der Waals surface area contributed by atoms with Crippen LogP contribution in [0, 0.1) is 12.8 Å². The summed E-state index contributed by atoms with van der Waals surface area (Å²) >= 11 is 0. The summed E-state index contributed by atoms with van der Waals surface area (Å²) in [6.45, 7) is 3.92. The highest BCUT2D eigenvalue weighted by atomic mass is 16.1. The SMILES string of the molecule is Cc1cc(=O)[nH]c(CC2CNC2)n1. The monoisotopic (exact) mass is 179 g/mol. The van der Waals surface area contributed by atoms with E-state index < -0.39 is 0 Å². The lowest BCUT2D eigenvalue weighted by atomic mass is 9.99. The quantitative estimate of drug-likeness (QED) is 0.663. The lowest BCUT2D eigenvalue weighted by Gasteiger charge is -2.26. The average Bonchev–Trinajstić information content (AvgIpc) is 1.95. The molecule has 0 unspecified atom stereocenters. The molecule has 2 N–H and O–H groups in total. The number of nitrogens with zero attached hydrogens (tertiary/aromatic N) is 1. The second-order valence-corrected chi connectivity index (χ2v) is 3.56. The Balaban J connectivity index is 2.14. The van der Waals surface area contributed by atoms with Crippen LogP contribution in [0.4, 0.5) is 0 Å². The molecule has 0 amide bonds. The van der Waals surface area contributed by atoms with Crippen LogP contribution in [0.5, 0.6) is 0 Å². The molecule has 0 saturated carbocycles. The molecule has 4 nitrogen and oxygen atoms in total. The zero-order valence-electron chi connectivity index (χ0n) is 7.63. The topological polar surface area (TPSA) is 57.8 Å². The van der Waals surface area contributed by atoms with Gasteiger partial charge in [0.2, 0.25) is 0 Å². The van der Waals surface area contributed by atoms with Gasteiger partial charge in [0.05, 0.1) is 0 Å². The molecule has 70 valence electrons. The molecule has 0 atom stereocenters. The fourth-order valence-corrected chi connectivity index (χ4v) is 1.50. The molecule has 1 saturated heterocycles. The predicted molar refractivity (Wildman–Crippen MR) is 49.7 cm³/mol. The highest BCUT2D eigenvalue weighted by molar-refractivity contribution is 5.01. The van der Waals surface area contributed by atoms with Crippen molar-refractivity contribution in [1.29, 1.82) is 0 Å². The molecule has 1 aliphatic rings. The van der Waals surface area contributed by atoms with Crippen molar-refractivity contribution in [3.05, 3.63) is 27.9 Å². The number of aromatic amines is 1. The molecule has 0 spiro atoms. The number of hydrogen-bond donors (Lipinski definition) is 2. The summed E-state index contributed by atoms with van der Waals surface area (Å²) in [5.41, 5.74) is 0.751. The maximum absolute atomic E-state index is 11.1. The van der Waals surface area contributed by atoms with Gasteiger partial charge in [-0.3, -0.25) is 4.79 Å². The molecule has 1 fully saturated rings. The van der Waals surface area contributed by atoms with Crippen LogP contribution in [-0.4, -0.2) is 23.1 Å². The zero-order chi connectivity index (χ0) is 9.26. The van der Waals surface area contributed by atoms with Gasteiger partial charge in [-0.05, 0) is 25.9 Å². The van der Waals surface area contributed by atoms with Crippen molar-refractivity contribution < 1.29 is 0 Å². The van der Waals surface area contributed by atoms with E-state index in [4.69, 9.17) is 0 Å². The van der Waals surface area contributed by atoms with Crippen LogP contribution in [0.2, 0.25) is 0 Å². The van der Waals surface area contributed by atoms with Gasteiger partial charge in [-0.1, -0.05) is 0 Å². The summed E-state index contributed by atoms with van der Waals surface area (Å²) in [5, 5.41) is 3.19. The molecule has 0 aliphatic carbocycles. The first-order valence-electron chi connectivity index (χ1n) is 4.51. The summed E-state index contributed by atoms with van der Waals surface area (Å²) < 4.78 is 0. The highest BCUT2D eigenvalue weighted by Gasteiger charge is 2.17. The summed E-state index contributed by atoms with van der Waals surface area (Å²) in [4.78, 5) is 18.1. The van der Waals surface area contributed by atoms with Gasteiger partial charge in [0.25, 0.3) is 5.56 Å². The second-order valence-electron chi connectivity index (χ2n) is 3.56. The van der Waals surface area contributed by atoms with E-state index in [1.54, 1.807) is 0 Å². The molecule has 13 heavy (non-hydrogen) atoms. The Morgan fingerprint density at radius 2 is 2.38 bits per heavy atom. The smallest absolute Gasteiger partial charge is 0.251 e. The largest absolute Gasteiger partial charge is 0.316 e. The molecule has 1 aromatic heterocycles. The Bertz CT molecular complexity index is 354. The molecule has 4 heteroatoms. The molecule has 0 aromatic carbocycles. The van der Waals surface area contributed by atoms with Gasteiger partial charge in [-0.15, -0.1) is 0 Å². The van der Waals surface area contributed by atoms with E-state index in [9.17, 15) is 4.79 Å². The summed E-state index contributed by atoms with van der Waals surface area (Å²) in [6.07, 6.45) is 0.879. The van der Waals surface area contributed by atoms with Gasteiger partial charge in [0.15, 0.2) is 0 Å². The summed E-state index contributed by atoms with van der Waals surface area (Å²) in [7, 11) is 0. The van der Waals surface area contributed by atoms with E-state index in [0.717, 1.165) is 31.0 Å². The molecule has 1 aromatic rings. The number of rotatable bonds is 2. The van der Waals surface area contributed by atoms with Crippen LogP contribution < -0.4 is 10.9 Å². The minimum atomic E-state index is -0.0465. The maximum Gasteiger partial charge on any atom is 0.251 e. The van der Waals surface area contributed by atoms with Gasteiger partial charge in [-0.2, -0.15) is 0 Å². The zero-order valence-corrected chi connectivity index (χ0v) is 7.63. The minimum Gasteiger partial charge on any atom is -0.316 e. The number of nitrogens with one attached hydrogen (secondary N) is 2. The third kappa shape index (κ3) is 1.95. The Labute approximate surface area is 76.4 Å². The highest BCUT2D eigenvalue weighted by Crippen LogP contribution is 2.07. The lowest BCUT2D eigenvalue weighted by molar-refractivity contribution is 0.340. The third-order valence-electron chi connectivity index (χ3n) is 2.27. The first kappa shape index (κ1) is 8.44. The van der Waals surface area contributed by atoms with Crippen LogP contribution >= 0.6 is 0 Å². The normalized spacial score (nSPS) is 17.0. The van der Waals surface area contributed by atoms with Crippen molar-refractivity contribution in [1.82, 2.24) is 15.3 Å². The van der Waals surface area contributed by atoms with Gasteiger partial charge in [0, 0.05) is 18.2 Å². The Morgan fingerprint density at radius 1 is 1.62 bits per heavy atom. The van der Waals surface area contributed by atoms with Crippen molar-refractivity contribution >= 4 is 0 Å². The number of aromatic nitrogens is 2. The van der Waals surface area contributed by atoms with E-state index in [-0.39, 0.29) is 5.56 Å². The minimum absolute atomic E-state index is 0.0465. The van der Waals surface area contributed by atoms with Crippen LogP contribution in [0.15, 0.2) is 10.9 Å². The summed E-state index contributed by atoms with van der Waals surface area (Å²) in [6, 6.07) is 1.52. The molecule has 2 heterocycles. The molecule has 2 rings (SSSR count). The maximum atomic E-state index is 11.1. The molecular weight excluding hydrogens is 166 g/mol. The summed E-state index contributed by atoms with van der Waals surface area (Å²) in [5.74, 6) is 1.46. The van der Waals surface area contributed by atoms with E-state index >= 15 is 0 Å². The number of aryl methyl sites for hydroxylation is 1. The van der Waals surface area contributed by atoms with E-state index in [1.165, 1.54) is 6.07 Å². The first-order chi connectivity index (χ1) is 6.24. The molecule has 1 aliphatic heterocycles. The van der Waals surface area contributed by atoms with Gasteiger partial charge in [0.1, 0.15) is 5.82 Å². The second kappa shape index (κ2) is 3.30. The average molecular weight is 179 g/mol. The molecular formula is C9H13N3O. The van der Waals surface area contributed by atoms with Crippen molar-refractivity contribution in [2.24, 2.45) is 5.92 Å². The third-order valence-corrected chi connectivity index (χ3v) is 2.27. The van der Waals surface area contributed by atoms with Crippen LogP contribution in [0.1, 0.15) is 11.5 Å². The van der Waals surface area contributed by atoms with Crippen LogP contribution in [0.25, 0.3) is 0 Å². The van der Waals surface area contributed by atoms with Gasteiger partial charge in [-0.25, -0.2) is 4.98 Å². The van der Waals surface area contributed by atoms with Gasteiger partial charge >= 0.3 is 0 Å². The van der Waals surface area contributed by atoms with Crippen molar-refractivity contribution in [3.63, 3.8) is 0 Å². The Kier molecular flexibility index (Phi) is 2.14. The van der Waals surface area contributed by atoms with E-state index in [1.807, 2.05) is 6.92 Å². The van der Waals surface area contributed by atoms with Crippen LogP contribution in [0.3, 0.4) is 0 Å². The number of H-pyrrole nitrogens is 1. The van der Waals surface area contributed by atoms with Crippen molar-refractivity contribution in [2.45, 2.75) is 13.3 Å². The Hall–Kier alpha value is -1.16. The fraction of sp³-hybridized carbons (Fsp3) is 0.556. The fourth-order valence-electron chi connectivity index (χ4n) is 1.50. The predicted octanol–water partition coefficient (Wildman–Crippen LogP) is -0.160. The number of hydrogen-bond acceptors (Lipinski definition) is 3. The Morgan fingerprint density at radius 3 is 2.92 bits per heavy atom. The van der Waals surface area contributed by atoms with Gasteiger partial charge < -0.3 is 10.3 Å².